The smallest absolute Gasteiger partial charge is 0.225 e. The molecule has 0 aliphatic carbocycles. The minimum atomic E-state index is -0.00867. The number of hydrogen-bond donors (Lipinski definition) is 2. The largest absolute Gasteiger partial charge is 0.475 e. The maximum atomic E-state index is 8.71. The van der Waals surface area contributed by atoms with Crippen molar-refractivity contribution in [3.8, 4) is 5.88 Å². The summed E-state index contributed by atoms with van der Waals surface area (Å²) in [6.07, 6.45) is 6.77. The van der Waals surface area contributed by atoms with Crippen LogP contribution in [0.4, 0.5) is 17.5 Å². The Labute approximate surface area is 181 Å². The second kappa shape index (κ2) is 8.95. The summed E-state index contributed by atoms with van der Waals surface area (Å²) in [4.78, 5) is 21.8. The van der Waals surface area contributed by atoms with Crippen molar-refractivity contribution in [2.24, 2.45) is 0 Å². The molecule has 3 aromatic rings. The third-order valence-corrected chi connectivity index (χ3v) is 5.01. The number of nitrogens with zero attached hydrogens (tertiary/aromatic N) is 6. The standard InChI is InChI=1S/C22H26N8O/c1-15(2)31-20-13-17(18(23)14-28-20)21(24)16-4-7-25-19(12-16)29-8-10-30(11-9-29)22-26-5-3-6-27-22/h3-7,12-15,24H,8-11,23H2,1-2H3. The van der Waals surface area contributed by atoms with Crippen molar-refractivity contribution >= 4 is 23.2 Å². The van der Waals surface area contributed by atoms with Crippen LogP contribution in [0.1, 0.15) is 25.0 Å². The van der Waals surface area contributed by atoms with E-state index in [0.29, 0.717) is 22.8 Å². The number of nitrogens with one attached hydrogen (secondary N) is 1. The molecule has 1 saturated heterocycles. The fraction of sp³-hybridized carbons (Fsp3) is 0.318. The Hall–Kier alpha value is -3.75. The highest BCUT2D eigenvalue weighted by atomic mass is 16.5. The summed E-state index contributed by atoms with van der Waals surface area (Å²) in [5.74, 6) is 2.04. The van der Waals surface area contributed by atoms with E-state index in [1.54, 1.807) is 24.7 Å². The lowest BCUT2D eigenvalue weighted by Crippen LogP contribution is -2.47. The van der Waals surface area contributed by atoms with Crippen LogP contribution in [-0.2, 0) is 0 Å². The van der Waals surface area contributed by atoms with Crippen LogP contribution in [0.15, 0.2) is 49.1 Å². The Morgan fingerprint density at radius 3 is 2.42 bits per heavy atom. The summed E-state index contributed by atoms with van der Waals surface area (Å²) < 4.78 is 5.66. The lowest BCUT2D eigenvalue weighted by molar-refractivity contribution is 0.232. The molecule has 9 heteroatoms. The molecule has 1 aliphatic rings. The first-order valence-electron chi connectivity index (χ1n) is 10.3. The molecule has 0 amide bonds. The van der Waals surface area contributed by atoms with Gasteiger partial charge in [-0.15, -0.1) is 0 Å². The van der Waals surface area contributed by atoms with E-state index in [0.717, 1.165) is 43.5 Å². The summed E-state index contributed by atoms with van der Waals surface area (Å²) in [7, 11) is 0. The second-order valence-corrected chi connectivity index (χ2v) is 7.58. The molecule has 0 radical (unpaired) electrons. The minimum Gasteiger partial charge on any atom is -0.475 e. The first-order valence-corrected chi connectivity index (χ1v) is 10.3. The van der Waals surface area contributed by atoms with Gasteiger partial charge in [0.2, 0.25) is 11.8 Å². The van der Waals surface area contributed by atoms with Gasteiger partial charge in [-0.1, -0.05) is 0 Å². The zero-order chi connectivity index (χ0) is 21.8. The number of piperazine rings is 1. The zero-order valence-corrected chi connectivity index (χ0v) is 17.7. The molecule has 31 heavy (non-hydrogen) atoms. The van der Waals surface area contributed by atoms with E-state index in [1.165, 1.54) is 6.20 Å². The van der Waals surface area contributed by atoms with Crippen molar-refractivity contribution in [1.82, 2.24) is 19.9 Å². The molecule has 0 aromatic carbocycles. The highest BCUT2D eigenvalue weighted by Gasteiger charge is 2.21. The van der Waals surface area contributed by atoms with Gasteiger partial charge in [0.25, 0.3) is 0 Å². The number of pyridine rings is 2. The number of hydrogen-bond acceptors (Lipinski definition) is 9. The maximum Gasteiger partial charge on any atom is 0.225 e. The van der Waals surface area contributed by atoms with Crippen molar-refractivity contribution in [2.75, 3.05) is 41.7 Å². The van der Waals surface area contributed by atoms with Gasteiger partial charge < -0.3 is 20.3 Å². The normalized spacial score (nSPS) is 14.0. The van der Waals surface area contributed by atoms with Crippen LogP contribution in [0.25, 0.3) is 0 Å². The summed E-state index contributed by atoms with van der Waals surface area (Å²) in [5, 5.41) is 8.71. The van der Waals surface area contributed by atoms with Gasteiger partial charge in [-0.2, -0.15) is 0 Å². The van der Waals surface area contributed by atoms with Gasteiger partial charge in [0.15, 0.2) is 0 Å². The maximum absolute atomic E-state index is 8.71. The fourth-order valence-electron chi connectivity index (χ4n) is 3.46. The Morgan fingerprint density at radius 2 is 1.71 bits per heavy atom. The van der Waals surface area contributed by atoms with Crippen LogP contribution in [0.3, 0.4) is 0 Å². The third kappa shape index (κ3) is 4.71. The minimum absolute atomic E-state index is 0.00867. The topological polar surface area (TPSA) is 117 Å². The highest BCUT2D eigenvalue weighted by Crippen LogP contribution is 2.23. The molecule has 4 heterocycles. The molecule has 3 aromatic heterocycles. The van der Waals surface area contributed by atoms with Gasteiger partial charge in [0.05, 0.1) is 23.7 Å². The van der Waals surface area contributed by atoms with Crippen molar-refractivity contribution in [3.05, 3.63) is 60.2 Å². The molecule has 0 saturated carbocycles. The van der Waals surface area contributed by atoms with Crippen molar-refractivity contribution in [1.29, 1.82) is 5.41 Å². The van der Waals surface area contributed by atoms with E-state index in [2.05, 4.69) is 29.7 Å². The van der Waals surface area contributed by atoms with Gasteiger partial charge in [-0.05, 0) is 32.0 Å². The van der Waals surface area contributed by atoms with Crippen molar-refractivity contribution < 1.29 is 4.74 Å². The lowest BCUT2D eigenvalue weighted by Gasteiger charge is -2.35. The number of ether oxygens (including phenoxy) is 1. The van der Waals surface area contributed by atoms with Crippen LogP contribution in [0.5, 0.6) is 5.88 Å². The highest BCUT2D eigenvalue weighted by molar-refractivity contribution is 6.14. The average molecular weight is 419 g/mol. The Kier molecular flexibility index (Phi) is 5.92. The summed E-state index contributed by atoms with van der Waals surface area (Å²) >= 11 is 0. The molecule has 160 valence electrons. The number of rotatable bonds is 6. The first-order chi connectivity index (χ1) is 15.0. The number of nitrogen functional groups attached to an aromatic ring is 1. The van der Waals surface area contributed by atoms with Crippen LogP contribution < -0.4 is 20.3 Å². The van der Waals surface area contributed by atoms with Crippen molar-refractivity contribution in [2.45, 2.75) is 20.0 Å². The second-order valence-electron chi connectivity index (χ2n) is 7.58. The number of anilines is 3. The van der Waals surface area contributed by atoms with E-state index in [-0.39, 0.29) is 6.10 Å². The first kappa shape index (κ1) is 20.5. The van der Waals surface area contributed by atoms with Crippen LogP contribution >= 0.6 is 0 Å². The number of aromatic nitrogens is 4. The Bertz CT molecular complexity index is 1050. The van der Waals surface area contributed by atoms with E-state index in [1.807, 2.05) is 32.0 Å². The SMILES string of the molecule is CC(C)Oc1cc(C(=N)c2ccnc(N3CCN(c4ncccn4)CC3)c2)c(N)cn1. The third-order valence-electron chi connectivity index (χ3n) is 5.01. The molecule has 4 rings (SSSR count). The quantitative estimate of drug-likeness (QED) is 0.586. The monoisotopic (exact) mass is 418 g/mol. The van der Waals surface area contributed by atoms with E-state index in [9.17, 15) is 0 Å². The summed E-state index contributed by atoms with van der Waals surface area (Å²) in [5.41, 5.74) is 8.20. The van der Waals surface area contributed by atoms with Gasteiger partial charge in [0.1, 0.15) is 5.82 Å². The molecule has 0 bridgehead atoms. The van der Waals surface area contributed by atoms with Gasteiger partial charge in [0, 0.05) is 62.0 Å². The van der Waals surface area contributed by atoms with E-state index >= 15 is 0 Å². The number of nitrogens with two attached hydrogens (primary N) is 1. The Morgan fingerprint density at radius 1 is 1.00 bits per heavy atom. The van der Waals surface area contributed by atoms with Gasteiger partial charge in [-0.25, -0.2) is 19.9 Å². The summed E-state index contributed by atoms with van der Waals surface area (Å²) in [6, 6.07) is 7.29. The van der Waals surface area contributed by atoms with E-state index in [4.69, 9.17) is 15.9 Å². The summed E-state index contributed by atoms with van der Waals surface area (Å²) in [6.45, 7) is 7.07. The van der Waals surface area contributed by atoms with Crippen LogP contribution in [0.2, 0.25) is 0 Å². The predicted octanol–water partition coefficient (Wildman–Crippen LogP) is 2.38. The Balaban J connectivity index is 1.49. The molecular weight excluding hydrogens is 392 g/mol. The molecule has 3 N–H and O–H groups in total. The fourth-order valence-corrected chi connectivity index (χ4v) is 3.46. The molecular formula is C22H26N8O. The predicted molar refractivity (Wildman–Crippen MR) is 121 cm³/mol. The molecule has 0 atom stereocenters. The van der Waals surface area contributed by atoms with Gasteiger partial charge >= 0.3 is 0 Å². The zero-order valence-electron chi connectivity index (χ0n) is 17.7. The molecule has 0 spiro atoms. The van der Waals surface area contributed by atoms with Gasteiger partial charge in [-0.3, -0.25) is 5.41 Å². The van der Waals surface area contributed by atoms with Crippen LogP contribution in [-0.4, -0.2) is 57.9 Å². The van der Waals surface area contributed by atoms with Crippen molar-refractivity contribution in [3.63, 3.8) is 0 Å². The average Bonchev–Trinajstić information content (AvgIpc) is 2.80. The molecule has 9 nitrogen and oxygen atoms in total. The molecule has 1 fully saturated rings. The lowest BCUT2D eigenvalue weighted by atomic mass is 10.0. The molecule has 0 unspecified atom stereocenters. The van der Waals surface area contributed by atoms with E-state index < -0.39 is 0 Å². The molecule has 1 aliphatic heterocycles. The van der Waals surface area contributed by atoms with Crippen LogP contribution in [0, 0.1) is 5.41 Å².